The Morgan fingerprint density at radius 3 is 1.90 bits per heavy atom. The maximum atomic E-state index is 14.1. The van der Waals surface area contributed by atoms with E-state index in [4.69, 9.17) is 18.9 Å². The minimum absolute atomic E-state index is 0.0166. The Morgan fingerprint density at radius 1 is 0.750 bits per heavy atom. The molecule has 4 heterocycles. The van der Waals surface area contributed by atoms with Crippen LogP contribution in [0.3, 0.4) is 0 Å². The van der Waals surface area contributed by atoms with Crippen LogP contribution >= 0.6 is 21.6 Å². The van der Waals surface area contributed by atoms with Crippen molar-refractivity contribution in [1.29, 1.82) is 0 Å². The van der Waals surface area contributed by atoms with Crippen LogP contribution in [0.15, 0.2) is 91.0 Å². The van der Waals surface area contributed by atoms with Gasteiger partial charge >= 0.3 is 5.97 Å². The van der Waals surface area contributed by atoms with Crippen molar-refractivity contribution in [1.82, 2.24) is 0 Å². The molecular formula is C57H61N3O10S2. The molecule has 4 aliphatic heterocycles. The summed E-state index contributed by atoms with van der Waals surface area (Å²) in [6.45, 7) is 6.15. The first-order chi connectivity index (χ1) is 34.7. The number of benzene rings is 5. The van der Waals surface area contributed by atoms with Crippen LogP contribution in [0, 0.1) is 12.8 Å². The number of nitrogens with one attached hydrogen (secondary N) is 1. The summed E-state index contributed by atoms with van der Waals surface area (Å²) in [5, 5.41) is 12.8. The van der Waals surface area contributed by atoms with Gasteiger partial charge < -0.3 is 39.2 Å². The lowest BCUT2D eigenvalue weighted by molar-refractivity contribution is -0.143. The Labute approximate surface area is 428 Å². The molecule has 3 amide bonds. The van der Waals surface area contributed by atoms with E-state index in [1.54, 1.807) is 13.2 Å². The van der Waals surface area contributed by atoms with Crippen LogP contribution in [0.2, 0.25) is 0 Å². The number of methoxy groups -OCH3 is 2. The highest BCUT2D eigenvalue weighted by molar-refractivity contribution is 8.77. The topological polar surface area (TPSA) is 161 Å². The van der Waals surface area contributed by atoms with E-state index in [-0.39, 0.29) is 78.8 Å². The van der Waals surface area contributed by atoms with Crippen LogP contribution in [-0.2, 0) is 58.0 Å². The molecule has 0 radical (unpaired) electrons. The molecular weight excluding hydrogens is 951 g/mol. The summed E-state index contributed by atoms with van der Waals surface area (Å²) in [4.78, 5) is 69.8. The molecule has 0 saturated carbocycles. The van der Waals surface area contributed by atoms with Gasteiger partial charge in [0.2, 0.25) is 5.91 Å². The zero-order valence-electron chi connectivity index (χ0n) is 41.4. The summed E-state index contributed by atoms with van der Waals surface area (Å²) in [6, 6.07) is 29.9. The number of hydrogen-bond donors (Lipinski definition) is 2. The molecule has 5 aromatic carbocycles. The molecule has 5 aromatic rings. The third kappa shape index (κ3) is 11.2. The van der Waals surface area contributed by atoms with E-state index >= 15 is 0 Å². The Morgan fingerprint density at radius 2 is 1.32 bits per heavy atom. The van der Waals surface area contributed by atoms with Gasteiger partial charge in [0.05, 0.1) is 13.0 Å². The molecule has 9 rings (SSSR count). The number of fused-ring (bicyclic) bond motifs is 8. The van der Waals surface area contributed by atoms with E-state index in [9.17, 15) is 29.1 Å². The number of carboxylic acids is 1. The van der Waals surface area contributed by atoms with Crippen molar-refractivity contribution in [3.05, 3.63) is 141 Å². The van der Waals surface area contributed by atoms with Crippen LogP contribution in [0.25, 0.3) is 0 Å². The molecule has 3 atom stereocenters. The number of para-hydroxylation sites is 2. The zero-order chi connectivity index (χ0) is 50.7. The first-order valence-corrected chi connectivity index (χ1v) is 26.9. The van der Waals surface area contributed by atoms with Crippen LogP contribution in [0.5, 0.6) is 17.2 Å². The van der Waals surface area contributed by atoms with Gasteiger partial charge in [-0.2, -0.15) is 0 Å². The minimum atomic E-state index is -1.03. The van der Waals surface area contributed by atoms with Crippen molar-refractivity contribution in [2.24, 2.45) is 5.92 Å². The molecule has 2 N–H and O–H groups in total. The predicted octanol–water partition coefficient (Wildman–Crippen LogP) is 10.4. The molecule has 0 aliphatic carbocycles. The molecule has 13 nitrogen and oxygen atoms in total. The third-order valence-electron chi connectivity index (χ3n) is 14.1. The number of ether oxygens (including phenoxy) is 4. The van der Waals surface area contributed by atoms with Gasteiger partial charge in [-0.1, -0.05) is 58.0 Å². The monoisotopic (exact) mass is 1010 g/mol. The normalized spacial score (nSPS) is 17.1. The lowest BCUT2D eigenvalue weighted by Crippen LogP contribution is -2.36. The fourth-order valence-electron chi connectivity index (χ4n) is 10.4. The number of carbonyl (C=O) groups excluding carboxylic acids is 4. The van der Waals surface area contributed by atoms with Crippen LogP contribution < -0.4 is 29.3 Å². The van der Waals surface area contributed by atoms with Crippen molar-refractivity contribution >= 4 is 68.1 Å². The molecule has 0 saturated heterocycles. The quantitative estimate of drug-likeness (QED) is 0.0711. The largest absolute Gasteiger partial charge is 0.493 e. The van der Waals surface area contributed by atoms with Gasteiger partial charge in [-0.3, -0.25) is 24.0 Å². The Kier molecular flexibility index (Phi) is 15.3. The van der Waals surface area contributed by atoms with Crippen LogP contribution in [0.1, 0.15) is 106 Å². The standard InChI is InChI=1S/C57H61N3O10S2/c1-34-20-46-37(14-16-43-24-39-10-6-8-12-48(39)59(43)54(46)63)27-50(34)69-30-35-21-36(23-42(22-35)58-53(62)18-19-57(2,3)72-71-33-41(56(65)66)26-45(61)32-67-4)31-70-52-28-38-15-17-44-25-40-11-7-9-13-49(40)60(44)55(64)47(38)29-51(52)68-5/h6-13,20-23,27-29,41,43-44H,14-19,24-26,30-33H2,1-5H3,(H,58,62)(H,65,66)/t41?,43-,44-/m1/s1. The Bertz CT molecular complexity index is 2920. The van der Waals surface area contributed by atoms with Crippen LogP contribution in [-0.4, -0.2) is 78.0 Å². The number of hydrogen-bond acceptors (Lipinski definition) is 11. The number of ketones is 1. The number of rotatable bonds is 20. The molecule has 0 aromatic heterocycles. The van der Waals surface area contributed by atoms with Crippen LogP contribution in [0.4, 0.5) is 17.1 Å². The number of amides is 3. The summed E-state index contributed by atoms with van der Waals surface area (Å²) in [5.41, 5.74) is 10.5. The number of Topliss-reactive ketones (excluding diaryl/α,β-unsaturated/α-hetero) is 1. The van der Waals surface area contributed by atoms with Gasteiger partial charge in [-0.15, -0.1) is 0 Å². The average molecular weight is 1010 g/mol. The Hall–Kier alpha value is -6.29. The molecule has 1 unspecified atom stereocenters. The molecule has 4 aliphatic rings. The van der Waals surface area contributed by atoms with Gasteiger partial charge in [-0.05, 0) is 159 Å². The lowest BCUT2D eigenvalue weighted by atomic mass is 9.98. The number of carboxylic acid groups (broad SMARTS) is 1. The maximum absolute atomic E-state index is 14.1. The number of aryl methyl sites for hydroxylation is 3. The molecule has 0 fully saturated rings. The summed E-state index contributed by atoms with van der Waals surface area (Å²) in [6.07, 6.45) is 5.38. The molecule has 376 valence electrons. The first-order valence-electron chi connectivity index (χ1n) is 24.6. The highest BCUT2D eigenvalue weighted by atomic mass is 33.1. The van der Waals surface area contributed by atoms with Crippen molar-refractivity contribution in [2.45, 2.75) is 109 Å². The van der Waals surface area contributed by atoms with Gasteiger partial charge in [0, 0.05) is 70.7 Å². The summed E-state index contributed by atoms with van der Waals surface area (Å²) >= 11 is 0. The number of carbonyl (C=O) groups is 5. The van der Waals surface area contributed by atoms with Crippen molar-refractivity contribution in [2.75, 3.05) is 41.7 Å². The van der Waals surface area contributed by atoms with Gasteiger partial charge in [0.25, 0.3) is 11.8 Å². The summed E-state index contributed by atoms with van der Waals surface area (Å²) in [7, 11) is 5.85. The van der Waals surface area contributed by atoms with Crippen molar-refractivity contribution in [3.8, 4) is 17.2 Å². The van der Waals surface area contributed by atoms with Gasteiger partial charge in [0.1, 0.15) is 25.6 Å². The average Bonchev–Trinajstić information content (AvgIpc) is 3.85. The van der Waals surface area contributed by atoms with E-state index in [1.807, 2.05) is 103 Å². The first kappa shape index (κ1) is 50.6. The van der Waals surface area contributed by atoms with E-state index in [2.05, 4.69) is 17.4 Å². The number of nitrogens with zero attached hydrogens (tertiary/aromatic N) is 2. The molecule has 72 heavy (non-hydrogen) atoms. The van der Waals surface area contributed by atoms with Gasteiger partial charge in [0.15, 0.2) is 17.3 Å². The number of aliphatic carboxylic acids is 1. The molecule has 0 spiro atoms. The SMILES string of the molecule is COCC(=O)CC(CSSC(C)(C)CCC(=O)Nc1cc(COc2cc3c(cc2C)C(=O)N2c4ccccc4C[C@H]2CC3)cc(COc2cc3c(cc2OC)C(=O)N2c4ccccc4C[C@H]2CC3)c1)C(=O)O. The second kappa shape index (κ2) is 21.8. The van der Waals surface area contributed by atoms with E-state index in [0.717, 1.165) is 71.3 Å². The predicted molar refractivity (Wildman–Crippen MR) is 282 cm³/mol. The molecule has 15 heteroatoms. The maximum Gasteiger partial charge on any atom is 0.307 e. The van der Waals surface area contributed by atoms with Crippen molar-refractivity contribution in [3.63, 3.8) is 0 Å². The second-order valence-corrected chi connectivity index (χ2v) is 22.9. The minimum Gasteiger partial charge on any atom is -0.493 e. The van der Waals surface area contributed by atoms with Gasteiger partial charge in [-0.25, -0.2) is 0 Å². The summed E-state index contributed by atoms with van der Waals surface area (Å²) < 4.78 is 23.4. The highest BCUT2D eigenvalue weighted by Gasteiger charge is 2.39. The van der Waals surface area contributed by atoms with E-state index in [0.29, 0.717) is 46.9 Å². The smallest absolute Gasteiger partial charge is 0.307 e. The van der Waals surface area contributed by atoms with E-state index in [1.165, 1.54) is 39.8 Å². The Balaban J connectivity index is 0.915. The summed E-state index contributed by atoms with van der Waals surface area (Å²) in [5.74, 6) is -0.472. The lowest BCUT2D eigenvalue weighted by Gasteiger charge is -2.24. The highest BCUT2D eigenvalue weighted by Crippen LogP contribution is 2.43. The fraction of sp³-hybridized carbons (Fsp3) is 0.386. The fourth-order valence-corrected chi connectivity index (χ4v) is 13.3. The second-order valence-electron chi connectivity index (χ2n) is 19.8. The number of anilines is 3. The third-order valence-corrected chi connectivity index (χ3v) is 17.5. The zero-order valence-corrected chi connectivity index (χ0v) is 43.1. The van der Waals surface area contributed by atoms with E-state index < -0.39 is 11.9 Å². The molecule has 0 bridgehead atoms. The van der Waals surface area contributed by atoms with Crippen molar-refractivity contribution < 1.29 is 48.0 Å².